The monoisotopic (exact) mass is 380 g/mol. The first-order valence-electron chi connectivity index (χ1n) is 8.54. The third-order valence-electron chi connectivity index (χ3n) is 3.96. The number of hydrogen-bond donors (Lipinski definition) is 1. The number of nitrogens with zero attached hydrogens (tertiary/aromatic N) is 1. The second-order valence-electron chi connectivity index (χ2n) is 6.15. The Morgan fingerprint density at radius 2 is 1.93 bits per heavy atom. The Balaban J connectivity index is 1.58. The largest absolute Gasteiger partial charge is 0.486 e. The summed E-state index contributed by atoms with van der Waals surface area (Å²) in [6.07, 6.45) is 0.172. The number of ether oxygens (including phenoxy) is 1. The summed E-state index contributed by atoms with van der Waals surface area (Å²) >= 11 is 1.47. The molecule has 138 valence electrons. The van der Waals surface area contributed by atoms with E-state index in [4.69, 9.17) is 4.74 Å². The molecule has 6 heteroatoms. The number of rotatable bonds is 7. The molecule has 1 aromatic heterocycles. The number of aryl methyl sites for hydroxylation is 1. The zero-order valence-electron chi connectivity index (χ0n) is 15.2. The Hall–Kier alpha value is -2.99. The molecule has 0 bridgehead atoms. The maximum absolute atomic E-state index is 12.3. The van der Waals surface area contributed by atoms with Gasteiger partial charge >= 0.3 is 0 Å². The van der Waals surface area contributed by atoms with Crippen molar-refractivity contribution in [2.45, 2.75) is 26.9 Å². The molecule has 0 saturated heterocycles. The predicted molar refractivity (Wildman–Crippen MR) is 106 cm³/mol. The van der Waals surface area contributed by atoms with Gasteiger partial charge in [-0.15, -0.1) is 11.3 Å². The van der Waals surface area contributed by atoms with E-state index in [1.165, 1.54) is 18.3 Å². The van der Waals surface area contributed by atoms with Gasteiger partial charge < -0.3 is 10.1 Å². The Bertz CT molecular complexity index is 951. The highest BCUT2D eigenvalue weighted by atomic mass is 32.1. The number of para-hydroxylation sites is 1. The number of carbonyl (C=O) groups is 2. The first kappa shape index (κ1) is 18.8. The molecule has 0 atom stereocenters. The van der Waals surface area contributed by atoms with Gasteiger partial charge in [-0.1, -0.05) is 30.3 Å². The molecular formula is C21H20N2O3S. The maximum Gasteiger partial charge on any atom is 0.230 e. The highest BCUT2D eigenvalue weighted by Gasteiger charge is 2.11. The van der Waals surface area contributed by atoms with Crippen molar-refractivity contribution < 1.29 is 14.3 Å². The normalized spacial score (nSPS) is 10.4. The van der Waals surface area contributed by atoms with Crippen LogP contribution in [-0.2, 0) is 17.8 Å². The minimum Gasteiger partial charge on any atom is -0.486 e. The van der Waals surface area contributed by atoms with Crippen LogP contribution < -0.4 is 10.1 Å². The van der Waals surface area contributed by atoms with Crippen LogP contribution in [0.5, 0.6) is 5.75 Å². The lowest BCUT2D eigenvalue weighted by Crippen LogP contribution is -2.16. The maximum atomic E-state index is 12.3. The average molecular weight is 380 g/mol. The average Bonchev–Trinajstić information content (AvgIpc) is 3.09. The third kappa shape index (κ3) is 5.24. The summed E-state index contributed by atoms with van der Waals surface area (Å²) < 4.78 is 5.67. The number of hydrogen-bond acceptors (Lipinski definition) is 5. The van der Waals surface area contributed by atoms with E-state index in [1.807, 2.05) is 48.7 Å². The van der Waals surface area contributed by atoms with E-state index in [0.29, 0.717) is 23.6 Å². The highest BCUT2D eigenvalue weighted by Crippen LogP contribution is 2.19. The minimum absolute atomic E-state index is 0.0342. The molecule has 0 fully saturated rings. The molecule has 0 aliphatic heterocycles. The van der Waals surface area contributed by atoms with Crippen molar-refractivity contribution in [2.24, 2.45) is 0 Å². The second kappa shape index (κ2) is 8.60. The van der Waals surface area contributed by atoms with E-state index >= 15 is 0 Å². The Kier molecular flexibility index (Phi) is 5.98. The van der Waals surface area contributed by atoms with Crippen LogP contribution in [0.1, 0.15) is 33.5 Å². The molecule has 0 saturated carbocycles. The van der Waals surface area contributed by atoms with Gasteiger partial charge in [-0.3, -0.25) is 9.59 Å². The second-order valence-corrected chi connectivity index (χ2v) is 7.09. The van der Waals surface area contributed by atoms with Crippen molar-refractivity contribution >= 4 is 28.7 Å². The van der Waals surface area contributed by atoms with E-state index in [2.05, 4.69) is 10.3 Å². The van der Waals surface area contributed by atoms with Gasteiger partial charge in [0.15, 0.2) is 5.78 Å². The summed E-state index contributed by atoms with van der Waals surface area (Å²) in [4.78, 5) is 28.3. The summed E-state index contributed by atoms with van der Waals surface area (Å²) in [6.45, 7) is 3.77. The molecule has 1 heterocycles. The summed E-state index contributed by atoms with van der Waals surface area (Å²) in [7, 11) is 0. The number of anilines is 1. The fourth-order valence-electron chi connectivity index (χ4n) is 2.49. The molecule has 0 spiro atoms. The van der Waals surface area contributed by atoms with Crippen molar-refractivity contribution in [1.82, 2.24) is 4.98 Å². The molecule has 0 aliphatic carbocycles. The lowest BCUT2D eigenvalue weighted by atomic mass is 10.1. The SMILES string of the molecule is CC(=O)c1ccc(C)c(NC(=O)Cc2csc(COc3ccccc3)n2)c1. The number of thiazole rings is 1. The Morgan fingerprint density at radius 3 is 2.67 bits per heavy atom. The summed E-state index contributed by atoms with van der Waals surface area (Å²) in [5.41, 5.74) is 2.83. The molecule has 5 nitrogen and oxygen atoms in total. The number of aromatic nitrogens is 1. The molecule has 2 aromatic carbocycles. The number of amides is 1. The Labute approximate surface area is 162 Å². The Morgan fingerprint density at radius 1 is 1.15 bits per heavy atom. The van der Waals surface area contributed by atoms with Crippen LogP contribution in [0.25, 0.3) is 0 Å². The molecular weight excluding hydrogens is 360 g/mol. The van der Waals surface area contributed by atoms with Crippen molar-refractivity contribution in [2.75, 3.05) is 5.32 Å². The third-order valence-corrected chi connectivity index (χ3v) is 4.84. The fourth-order valence-corrected chi connectivity index (χ4v) is 3.20. The van der Waals surface area contributed by atoms with Crippen LogP contribution in [0.15, 0.2) is 53.9 Å². The topological polar surface area (TPSA) is 68.3 Å². The van der Waals surface area contributed by atoms with Gasteiger partial charge in [-0.05, 0) is 37.6 Å². The molecule has 27 heavy (non-hydrogen) atoms. The van der Waals surface area contributed by atoms with Crippen molar-refractivity contribution in [1.29, 1.82) is 0 Å². The quantitative estimate of drug-likeness (QED) is 0.616. The van der Waals surface area contributed by atoms with Crippen LogP contribution >= 0.6 is 11.3 Å². The smallest absolute Gasteiger partial charge is 0.230 e. The van der Waals surface area contributed by atoms with Crippen LogP contribution in [0, 0.1) is 6.92 Å². The van der Waals surface area contributed by atoms with Crippen molar-refractivity contribution in [3.8, 4) is 5.75 Å². The van der Waals surface area contributed by atoms with Gasteiger partial charge in [0.25, 0.3) is 0 Å². The molecule has 3 rings (SSSR count). The standard InChI is InChI=1S/C21H20N2O3S/c1-14-8-9-16(15(2)24)10-19(14)23-20(25)11-17-13-27-21(22-17)12-26-18-6-4-3-5-7-18/h3-10,13H,11-12H2,1-2H3,(H,23,25). The lowest BCUT2D eigenvalue weighted by molar-refractivity contribution is -0.115. The number of ketones is 1. The lowest BCUT2D eigenvalue weighted by Gasteiger charge is -2.09. The predicted octanol–water partition coefficient (Wildman–Crippen LogP) is 4.41. The van der Waals surface area contributed by atoms with E-state index < -0.39 is 0 Å². The molecule has 1 N–H and O–H groups in total. The number of Topliss-reactive ketones (excluding diaryl/α,β-unsaturated/α-hetero) is 1. The zero-order valence-corrected chi connectivity index (χ0v) is 16.0. The molecule has 3 aromatic rings. The van der Waals surface area contributed by atoms with Crippen LogP contribution in [-0.4, -0.2) is 16.7 Å². The van der Waals surface area contributed by atoms with Crippen molar-refractivity contribution in [3.63, 3.8) is 0 Å². The number of nitrogens with one attached hydrogen (secondary N) is 1. The summed E-state index contributed by atoms with van der Waals surface area (Å²) in [6, 6.07) is 14.8. The van der Waals surface area contributed by atoms with E-state index in [1.54, 1.807) is 12.1 Å². The summed E-state index contributed by atoms with van der Waals surface area (Å²) in [5.74, 6) is 0.584. The van der Waals surface area contributed by atoms with Crippen LogP contribution in [0.4, 0.5) is 5.69 Å². The molecule has 1 amide bonds. The zero-order chi connectivity index (χ0) is 19.2. The van der Waals surface area contributed by atoms with E-state index in [-0.39, 0.29) is 18.1 Å². The van der Waals surface area contributed by atoms with Gasteiger partial charge in [0, 0.05) is 16.6 Å². The fraction of sp³-hybridized carbons (Fsp3) is 0.190. The van der Waals surface area contributed by atoms with Gasteiger partial charge in [0.05, 0.1) is 12.1 Å². The van der Waals surface area contributed by atoms with Crippen LogP contribution in [0.2, 0.25) is 0 Å². The van der Waals surface area contributed by atoms with E-state index in [9.17, 15) is 9.59 Å². The van der Waals surface area contributed by atoms with Crippen molar-refractivity contribution in [3.05, 3.63) is 75.7 Å². The van der Waals surface area contributed by atoms with E-state index in [0.717, 1.165) is 16.3 Å². The minimum atomic E-state index is -0.167. The van der Waals surface area contributed by atoms with Gasteiger partial charge in [-0.2, -0.15) is 0 Å². The van der Waals surface area contributed by atoms with Gasteiger partial charge in [0.2, 0.25) is 5.91 Å². The van der Waals surface area contributed by atoms with Crippen LogP contribution in [0.3, 0.4) is 0 Å². The molecule has 0 aliphatic rings. The molecule has 0 radical (unpaired) electrons. The van der Waals surface area contributed by atoms with Gasteiger partial charge in [0.1, 0.15) is 17.4 Å². The summed E-state index contributed by atoms with van der Waals surface area (Å²) in [5, 5.41) is 5.54. The highest BCUT2D eigenvalue weighted by molar-refractivity contribution is 7.09. The molecule has 0 unspecified atom stereocenters. The first-order chi connectivity index (χ1) is 13.0. The van der Waals surface area contributed by atoms with Gasteiger partial charge in [-0.25, -0.2) is 4.98 Å². The number of carbonyl (C=O) groups excluding carboxylic acids is 2. The number of benzene rings is 2. The first-order valence-corrected chi connectivity index (χ1v) is 9.42.